The maximum absolute atomic E-state index is 13.5. The van der Waals surface area contributed by atoms with E-state index in [1.54, 1.807) is 0 Å². The monoisotopic (exact) mass is 332 g/mol. The summed E-state index contributed by atoms with van der Waals surface area (Å²) in [7, 11) is 0. The second kappa shape index (κ2) is 5.95. The van der Waals surface area contributed by atoms with Crippen molar-refractivity contribution in [1.82, 2.24) is 4.98 Å². The average Bonchev–Trinajstić information content (AvgIpc) is 2.78. The van der Waals surface area contributed by atoms with Gasteiger partial charge in [0, 0.05) is 6.07 Å². The molecule has 0 atom stereocenters. The topological polar surface area (TPSA) is 51.2 Å². The molecular formula is C13H11ClF2N2O2S. The number of halogens is 3. The van der Waals surface area contributed by atoms with Crippen LogP contribution in [0, 0.1) is 11.6 Å². The Morgan fingerprint density at radius 3 is 2.71 bits per heavy atom. The number of rotatable bonds is 4. The quantitative estimate of drug-likeness (QED) is 0.924. The lowest BCUT2D eigenvalue weighted by molar-refractivity contribution is -0.128. The molecule has 4 nitrogen and oxygen atoms in total. The fourth-order valence-electron chi connectivity index (χ4n) is 1.44. The molecule has 1 aromatic heterocycles. The van der Waals surface area contributed by atoms with E-state index in [0.717, 1.165) is 23.5 Å². The van der Waals surface area contributed by atoms with Crippen LogP contribution in [0.15, 0.2) is 24.4 Å². The summed E-state index contributed by atoms with van der Waals surface area (Å²) in [6, 6.07) is 2.86. The third kappa shape index (κ3) is 3.89. The number of carbonyl (C=O) groups excluding carboxylic acids is 1. The molecule has 1 heterocycles. The number of thiazole rings is 1. The standard InChI is InChI=1S/C13H11ClF2N2O2S/c1-13(2,11(19)18-12-17-6-10(14)21-12)20-9-4-3-7(15)5-8(9)16/h3-6H,1-2H3,(H,17,18,19). The minimum atomic E-state index is -1.38. The number of amides is 1. The Morgan fingerprint density at radius 1 is 1.43 bits per heavy atom. The van der Waals surface area contributed by atoms with Crippen molar-refractivity contribution in [3.05, 3.63) is 40.4 Å². The van der Waals surface area contributed by atoms with Crippen LogP contribution in [0.2, 0.25) is 4.34 Å². The summed E-state index contributed by atoms with van der Waals surface area (Å²) in [6.45, 7) is 2.92. The van der Waals surface area contributed by atoms with Crippen LogP contribution in [-0.4, -0.2) is 16.5 Å². The van der Waals surface area contributed by atoms with Crippen LogP contribution in [0.25, 0.3) is 0 Å². The fourth-order valence-corrected chi connectivity index (χ4v) is 2.25. The summed E-state index contributed by atoms with van der Waals surface area (Å²) in [5, 5.41) is 2.82. The second-order valence-electron chi connectivity index (χ2n) is 4.61. The molecule has 0 saturated carbocycles. The molecule has 2 aromatic rings. The zero-order valence-corrected chi connectivity index (χ0v) is 12.7. The largest absolute Gasteiger partial charge is 0.475 e. The molecule has 0 bridgehead atoms. The van der Waals surface area contributed by atoms with E-state index < -0.39 is 23.1 Å². The molecule has 21 heavy (non-hydrogen) atoms. The third-order valence-corrected chi connectivity index (χ3v) is 3.53. The van der Waals surface area contributed by atoms with Crippen molar-refractivity contribution in [2.45, 2.75) is 19.4 Å². The van der Waals surface area contributed by atoms with E-state index >= 15 is 0 Å². The first-order chi connectivity index (χ1) is 9.78. The first kappa shape index (κ1) is 15.7. The average molecular weight is 333 g/mol. The minimum absolute atomic E-state index is 0.214. The second-order valence-corrected chi connectivity index (χ2v) is 6.27. The fraction of sp³-hybridized carbons (Fsp3) is 0.231. The summed E-state index contributed by atoms with van der Waals surface area (Å²) in [5.41, 5.74) is -1.38. The normalized spacial score (nSPS) is 11.3. The van der Waals surface area contributed by atoms with Crippen molar-refractivity contribution < 1.29 is 18.3 Å². The number of aromatic nitrogens is 1. The van der Waals surface area contributed by atoms with Crippen LogP contribution < -0.4 is 10.1 Å². The minimum Gasteiger partial charge on any atom is -0.475 e. The highest BCUT2D eigenvalue weighted by atomic mass is 35.5. The molecule has 0 radical (unpaired) electrons. The number of hydrogen-bond acceptors (Lipinski definition) is 4. The SMILES string of the molecule is CC(C)(Oc1ccc(F)cc1F)C(=O)Nc1ncc(Cl)s1. The highest BCUT2D eigenvalue weighted by molar-refractivity contribution is 7.19. The van der Waals surface area contributed by atoms with Gasteiger partial charge in [-0.05, 0) is 26.0 Å². The Labute approximate surface area is 128 Å². The first-order valence-corrected chi connectivity index (χ1v) is 7.04. The van der Waals surface area contributed by atoms with Crippen LogP contribution >= 0.6 is 22.9 Å². The number of anilines is 1. The van der Waals surface area contributed by atoms with Crippen LogP contribution in [0.4, 0.5) is 13.9 Å². The van der Waals surface area contributed by atoms with Gasteiger partial charge in [-0.3, -0.25) is 10.1 Å². The van der Waals surface area contributed by atoms with Crippen LogP contribution in [0.1, 0.15) is 13.8 Å². The molecular weight excluding hydrogens is 322 g/mol. The molecule has 0 fully saturated rings. The molecule has 2 rings (SSSR count). The smallest absolute Gasteiger partial charge is 0.269 e. The Kier molecular flexibility index (Phi) is 4.43. The lowest BCUT2D eigenvalue weighted by atomic mass is 10.1. The Bertz CT molecular complexity index is 676. The summed E-state index contributed by atoms with van der Waals surface area (Å²) in [4.78, 5) is 16.0. The number of nitrogens with zero attached hydrogens (tertiary/aromatic N) is 1. The number of ether oxygens (including phenoxy) is 1. The lowest BCUT2D eigenvalue weighted by Gasteiger charge is -2.24. The Hall–Kier alpha value is -1.73. The molecule has 8 heteroatoms. The molecule has 0 spiro atoms. The zero-order valence-electron chi connectivity index (χ0n) is 11.1. The van der Waals surface area contributed by atoms with Gasteiger partial charge in [0.25, 0.3) is 5.91 Å². The van der Waals surface area contributed by atoms with Gasteiger partial charge in [-0.2, -0.15) is 0 Å². The Morgan fingerprint density at radius 2 is 2.14 bits per heavy atom. The zero-order chi connectivity index (χ0) is 15.6. The van der Waals surface area contributed by atoms with Crippen molar-refractivity contribution in [3.63, 3.8) is 0 Å². The molecule has 1 N–H and O–H groups in total. The molecule has 0 aliphatic heterocycles. The van der Waals surface area contributed by atoms with E-state index in [9.17, 15) is 13.6 Å². The van der Waals surface area contributed by atoms with Crippen molar-refractivity contribution in [2.75, 3.05) is 5.32 Å². The van der Waals surface area contributed by atoms with Crippen LogP contribution in [-0.2, 0) is 4.79 Å². The van der Waals surface area contributed by atoms with E-state index in [-0.39, 0.29) is 5.75 Å². The van der Waals surface area contributed by atoms with Gasteiger partial charge in [0.05, 0.1) is 6.20 Å². The number of hydrogen-bond donors (Lipinski definition) is 1. The predicted octanol–water partition coefficient (Wildman–Crippen LogP) is 3.87. The van der Waals surface area contributed by atoms with Crippen molar-refractivity contribution in [3.8, 4) is 5.75 Å². The van der Waals surface area contributed by atoms with E-state index in [1.165, 1.54) is 20.0 Å². The highest BCUT2D eigenvalue weighted by Crippen LogP contribution is 2.26. The van der Waals surface area contributed by atoms with Gasteiger partial charge in [0.2, 0.25) is 0 Å². The van der Waals surface area contributed by atoms with E-state index in [2.05, 4.69) is 10.3 Å². The van der Waals surface area contributed by atoms with E-state index in [1.807, 2.05) is 0 Å². The van der Waals surface area contributed by atoms with Gasteiger partial charge in [0.1, 0.15) is 10.2 Å². The van der Waals surface area contributed by atoms with Gasteiger partial charge in [-0.15, -0.1) is 0 Å². The highest BCUT2D eigenvalue weighted by Gasteiger charge is 2.31. The molecule has 112 valence electrons. The number of carbonyl (C=O) groups is 1. The van der Waals surface area contributed by atoms with Crippen molar-refractivity contribution in [2.24, 2.45) is 0 Å². The molecule has 1 amide bonds. The summed E-state index contributed by atoms with van der Waals surface area (Å²) < 4.78 is 32.1. The van der Waals surface area contributed by atoms with Gasteiger partial charge in [0.15, 0.2) is 22.3 Å². The molecule has 1 aromatic carbocycles. The number of nitrogens with one attached hydrogen (secondary N) is 1. The molecule has 0 unspecified atom stereocenters. The van der Waals surface area contributed by atoms with Crippen LogP contribution in [0.3, 0.4) is 0 Å². The lowest BCUT2D eigenvalue weighted by Crippen LogP contribution is -2.42. The predicted molar refractivity (Wildman–Crippen MR) is 76.8 cm³/mol. The van der Waals surface area contributed by atoms with Gasteiger partial charge >= 0.3 is 0 Å². The Balaban J connectivity index is 2.11. The first-order valence-electron chi connectivity index (χ1n) is 5.85. The maximum Gasteiger partial charge on any atom is 0.269 e. The molecule has 0 saturated heterocycles. The van der Waals surface area contributed by atoms with Gasteiger partial charge in [-0.25, -0.2) is 13.8 Å². The van der Waals surface area contributed by atoms with Crippen molar-refractivity contribution >= 4 is 34.0 Å². The summed E-state index contributed by atoms with van der Waals surface area (Å²) in [5.74, 6) is -2.35. The number of benzene rings is 1. The van der Waals surface area contributed by atoms with Gasteiger partial charge < -0.3 is 4.74 Å². The summed E-state index contributed by atoms with van der Waals surface area (Å²) >= 11 is 6.80. The third-order valence-electron chi connectivity index (χ3n) is 2.50. The molecule has 0 aliphatic rings. The van der Waals surface area contributed by atoms with E-state index in [0.29, 0.717) is 15.5 Å². The van der Waals surface area contributed by atoms with Gasteiger partial charge in [-0.1, -0.05) is 22.9 Å². The maximum atomic E-state index is 13.5. The van der Waals surface area contributed by atoms with E-state index in [4.69, 9.17) is 16.3 Å². The summed E-state index contributed by atoms with van der Waals surface area (Å²) in [6.07, 6.45) is 1.40. The van der Waals surface area contributed by atoms with Crippen LogP contribution in [0.5, 0.6) is 5.75 Å². The molecule has 0 aliphatic carbocycles. The van der Waals surface area contributed by atoms with Crippen molar-refractivity contribution in [1.29, 1.82) is 0 Å².